The second-order valence-corrected chi connectivity index (χ2v) is 5.42. The van der Waals surface area contributed by atoms with Crippen molar-refractivity contribution in [3.63, 3.8) is 0 Å². The van der Waals surface area contributed by atoms with Crippen molar-refractivity contribution in [3.05, 3.63) is 0 Å². The van der Waals surface area contributed by atoms with E-state index in [1.807, 2.05) is 7.05 Å². The molecule has 1 heteroatoms. The third-order valence-corrected chi connectivity index (χ3v) is 3.46. The molecule has 0 spiro atoms. The fourth-order valence-electron chi connectivity index (χ4n) is 1.75. The van der Waals surface area contributed by atoms with Crippen LogP contribution < -0.4 is 5.32 Å². The molecule has 0 heterocycles. The summed E-state index contributed by atoms with van der Waals surface area (Å²) >= 11 is 0. The Labute approximate surface area is 84.3 Å². The van der Waals surface area contributed by atoms with Crippen LogP contribution in [0.15, 0.2) is 0 Å². The molecule has 0 radical (unpaired) electrons. The van der Waals surface area contributed by atoms with Crippen LogP contribution in [0.5, 0.6) is 0 Å². The molecule has 0 rings (SSSR count). The monoisotopic (exact) mass is 185 g/mol. The third-order valence-electron chi connectivity index (χ3n) is 3.46. The minimum atomic E-state index is 0.280. The Morgan fingerprint density at radius 1 is 1.08 bits per heavy atom. The van der Waals surface area contributed by atoms with E-state index in [9.17, 15) is 0 Å². The predicted octanol–water partition coefficient (Wildman–Crippen LogP) is 3.30. The van der Waals surface area contributed by atoms with Crippen LogP contribution in [0.3, 0.4) is 0 Å². The van der Waals surface area contributed by atoms with E-state index in [0.717, 1.165) is 17.8 Å². The molecule has 2 unspecified atom stereocenters. The van der Waals surface area contributed by atoms with Crippen LogP contribution in [-0.2, 0) is 0 Å². The van der Waals surface area contributed by atoms with Crippen molar-refractivity contribution in [2.24, 2.45) is 17.8 Å². The second kappa shape index (κ2) is 4.99. The Bertz CT molecular complexity index is 138. The van der Waals surface area contributed by atoms with Gasteiger partial charge in [0.1, 0.15) is 0 Å². The first-order valence-electron chi connectivity index (χ1n) is 5.49. The summed E-state index contributed by atoms with van der Waals surface area (Å²) in [5, 5.41) is 3.37. The number of rotatable bonds is 5. The number of hydrogen-bond donors (Lipinski definition) is 1. The fourth-order valence-corrected chi connectivity index (χ4v) is 1.75. The molecule has 0 saturated heterocycles. The van der Waals surface area contributed by atoms with E-state index in [-0.39, 0.29) is 5.54 Å². The average Bonchev–Trinajstić information content (AvgIpc) is 2.02. The highest BCUT2D eigenvalue weighted by Crippen LogP contribution is 2.27. The van der Waals surface area contributed by atoms with Crippen molar-refractivity contribution in [3.8, 4) is 0 Å². The Kier molecular flexibility index (Phi) is 4.98. The van der Waals surface area contributed by atoms with Gasteiger partial charge in [-0.15, -0.1) is 0 Å². The van der Waals surface area contributed by atoms with Gasteiger partial charge in [0, 0.05) is 5.54 Å². The molecule has 1 nitrogen and oxygen atoms in total. The van der Waals surface area contributed by atoms with Crippen LogP contribution in [0, 0.1) is 17.8 Å². The van der Waals surface area contributed by atoms with Crippen LogP contribution >= 0.6 is 0 Å². The minimum Gasteiger partial charge on any atom is -0.315 e. The van der Waals surface area contributed by atoms with Crippen molar-refractivity contribution in [1.29, 1.82) is 0 Å². The van der Waals surface area contributed by atoms with Crippen LogP contribution in [0.2, 0.25) is 0 Å². The molecule has 0 aromatic heterocycles. The van der Waals surface area contributed by atoms with Gasteiger partial charge in [0.2, 0.25) is 0 Å². The lowest BCUT2D eigenvalue weighted by Gasteiger charge is -2.32. The van der Waals surface area contributed by atoms with Crippen LogP contribution in [-0.4, -0.2) is 12.6 Å². The molecule has 0 aliphatic carbocycles. The van der Waals surface area contributed by atoms with E-state index >= 15 is 0 Å². The van der Waals surface area contributed by atoms with E-state index in [1.165, 1.54) is 6.42 Å². The van der Waals surface area contributed by atoms with Crippen molar-refractivity contribution in [2.45, 2.75) is 53.5 Å². The molecule has 0 aliphatic heterocycles. The molecule has 80 valence electrons. The van der Waals surface area contributed by atoms with Gasteiger partial charge in [-0.3, -0.25) is 0 Å². The van der Waals surface area contributed by atoms with Gasteiger partial charge in [0.15, 0.2) is 0 Å². The van der Waals surface area contributed by atoms with Gasteiger partial charge in [-0.1, -0.05) is 27.7 Å². The van der Waals surface area contributed by atoms with Crippen molar-refractivity contribution in [1.82, 2.24) is 5.32 Å². The molecule has 0 aliphatic rings. The van der Waals surface area contributed by atoms with Gasteiger partial charge in [0.05, 0.1) is 0 Å². The molecule has 13 heavy (non-hydrogen) atoms. The zero-order chi connectivity index (χ0) is 10.6. The first kappa shape index (κ1) is 13.0. The molecule has 2 atom stereocenters. The topological polar surface area (TPSA) is 12.0 Å². The first-order valence-corrected chi connectivity index (χ1v) is 5.49. The lowest BCUT2D eigenvalue weighted by molar-refractivity contribution is 0.225. The number of hydrogen-bond acceptors (Lipinski definition) is 1. The maximum absolute atomic E-state index is 3.37. The zero-order valence-electron chi connectivity index (χ0n) is 10.4. The zero-order valence-corrected chi connectivity index (χ0v) is 10.4. The standard InChI is InChI=1S/C12H27N/c1-9(2)11(4)10(3)8-12(5,6)13-7/h9-11,13H,8H2,1-7H3. The lowest BCUT2D eigenvalue weighted by Crippen LogP contribution is -2.39. The van der Waals surface area contributed by atoms with E-state index in [2.05, 4.69) is 46.9 Å². The molecular formula is C12H27N. The molecule has 0 aromatic rings. The smallest absolute Gasteiger partial charge is 0.0124 e. The van der Waals surface area contributed by atoms with Crippen molar-refractivity contribution >= 4 is 0 Å². The summed E-state index contributed by atoms with van der Waals surface area (Å²) in [7, 11) is 2.05. The van der Waals surface area contributed by atoms with E-state index in [4.69, 9.17) is 0 Å². The summed E-state index contributed by atoms with van der Waals surface area (Å²) in [5.41, 5.74) is 0.280. The molecule has 0 fully saturated rings. The molecule has 0 amide bonds. The summed E-state index contributed by atoms with van der Waals surface area (Å²) < 4.78 is 0. The Morgan fingerprint density at radius 3 is 1.85 bits per heavy atom. The lowest BCUT2D eigenvalue weighted by atomic mass is 9.79. The Balaban J connectivity index is 4.06. The van der Waals surface area contributed by atoms with Crippen molar-refractivity contribution < 1.29 is 0 Å². The van der Waals surface area contributed by atoms with Gasteiger partial charge in [0.25, 0.3) is 0 Å². The average molecular weight is 185 g/mol. The minimum absolute atomic E-state index is 0.280. The van der Waals surface area contributed by atoms with E-state index in [1.54, 1.807) is 0 Å². The Hall–Kier alpha value is -0.0400. The molecular weight excluding hydrogens is 158 g/mol. The van der Waals surface area contributed by atoms with E-state index < -0.39 is 0 Å². The SMILES string of the molecule is CNC(C)(C)CC(C)C(C)C(C)C. The maximum atomic E-state index is 3.37. The molecule has 0 bridgehead atoms. The molecule has 0 saturated carbocycles. The molecule has 0 aromatic carbocycles. The third kappa shape index (κ3) is 4.66. The highest BCUT2D eigenvalue weighted by atomic mass is 14.9. The summed E-state index contributed by atoms with van der Waals surface area (Å²) in [6.45, 7) is 13.9. The largest absolute Gasteiger partial charge is 0.315 e. The highest BCUT2D eigenvalue weighted by Gasteiger charge is 2.23. The van der Waals surface area contributed by atoms with Gasteiger partial charge in [-0.2, -0.15) is 0 Å². The van der Waals surface area contributed by atoms with Gasteiger partial charge < -0.3 is 5.32 Å². The quantitative estimate of drug-likeness (QED) is 0.693. The van der Waals surface area contributed by atoms with Gasteiger partial charge in [-0.25, -0.2) is 0 Å². The second-order valence-electron chi connectivity index (χ2n) is 5.42. The van der Waals surface area contributed by atoms with E-state index in [0.29, 0.717) is 0 Å². The van der Waals surface area contributed by atoms with Crippen LogP contribution in [0.1, 0.15) is 48.0 Å². The molecule has 1 N–H and O–H groups in total. The summed E-state index contributed by atoms with van der Waals surface area (Å²) in [6.07, 6.45) is 1.25. The summed E-state index contributed by atoms with van der Waals surface area (Å²) in [6, 6.07) is 0. The van der Waals surface area contributed by atoms with Crippen molar-refractivity contribution in [2.75, 3.05) is 7.05 Å². The Morgan fingerprint density at radius 2 is 1.54 bits per heavy atom. The summed E-state index contributed by atoms with van der Waals surface area (Å²) in [5.74, 6) is 2.40. The normalized spacial score (nSPS) is 17.5. The maximum Gasteiger partial charge on any atom is 0.0124 e. The van der Waals surface area contributed by atoms with Gasteiger partial charge >= 0.3 is 0 Å². The van der Waals surface area contributed by atoms with Gasteiger partial charge in [-0.05, 0) is 45.1 Å². The van der Waals surface area contributed by atoms with Crippen LogP contribution in [0.25, 0.3) is 0 Å². The highest BCUT2D eigenvalue weighted by molar-refractivity contribution is 4.80. The first-order chi connectivity index (χ1) is 5.80. The predicted molar refractivity (Wildman–Crippen MR) is 60.9 cm³/mol. The summed E-state index contributed by atoms with van der Waals surface area (Å²) in [4.78, 5) is 0. The van der Waals surface area contributed by atoms with Crippen LogP contribution in [0.4, 0.5) is 0 Å². The number of nitrogens with one attached hydrogen (secondary N) is 1. The fraction of sp³-hybridized carbons (Fsp3) is 1.00.